The maximum Gasteiger partial charge on any atom is 0.286 e. The molecule has 0 radical (unpaired) electrons. The van der Waals surface area contributed by atoms with E-state index in [9.17, 15) is 14.9 Å². The lowest BCUT2D eigenvalue weighted by atomic mass is 10.1. The molecule has 1 N–H and O–H groups in total. The van der Waals surface area contributed by atoms with Crippen molar-refractivity contribution in [2.75, 3.05) is 32.8 Å². The molecule has 0 saturated heterocycles. The van der Waals surface area contributed by atoms with Gasteiger partial charge in [-0.2, -0.15) is 0 Å². The second kappa shape index (κ2) is 10.6. The molecule has 0 unspecified atom stereocenters. The quantitative estimate of drug-likeness (QED) is 0.277. The molecule has 1 heterocycles. The van der Waals surface area contributed by atoms with Gasteiger partial charge < -0.3 is 24.1 Å². The molecule has 0 aliphatic heterocycles. The minimum atomic E-state index is -0.647. The summed E-state index contributed by atoms with van der Waals surface area (Å²) < 4.78 is 17.6. The Balaban J connectivity index is 1.91. The minimum absolute atomic E-state index is 0.150. The predicted octanol–water partition coefficient (Wildman–Crippen LogP) is 3.77. The van der Waals surface area contributed by atoms with Gasteiger partial charge in [0.2, 0.25) is 0 Å². The average molecular weight is 458 g/mol. The zero-order chi connectivity index (χ0) is 23.1. The highest BCUT2D eigenvalue weighted by Crippen LogP contribution is 2.36. The van der Waals surface area contributed by atoms with Crippen molar-refractivity contribution < 1.29 is 23.9 Å². The van der Waals surface area contributed by atoms with Gasteiger partial charge in [0.05, 0.1) is 30.4 Å². The van der Waals surface area contributed by atoms with Crippen molar-refractivity contribution in [1.29, 1.82) is 0 Å². The van der Waals surface area contributed by atoms with E-state index in [1.165, 1.54) is 38.1 Å². The standard InChI is InChI=1S/C21H22N4O6S/c1-24-9-8-22-21(24)32-19-7-5-4-6-15(19)23-20(26)14-12-17(30-3)18(31-11-10-29-2)13-16(14)25(27)28/h4-9,12-13H,10-11H2,1-3H3,(H,23,26). The number of methoxy groups -OCH3 is 2. The van der Waals surface area contributed by atoms with Gasteiger partial charge in [-0.3, -0.25) is 14.9 Å². The largest absolute Gasteiger partial charge is 0.493 e. The molecular formula is C21H22N4O6S. The lowest BCUT2D eigenvalue weighted by Crippen LogP contribution is -2.15. The van der Waals surface area contributed by atoms with E-state index < -0.39 is 16.5 Å². The second-order valence-electron chi connectivity index (χ2n) is 6.49. The second-order valence-corrected chi connectivity index (χ2v) is 7.50. The first-order valence-corrected chi connectivity index (χ1v) is 10.3. The van der Waals surface area contributed by atoms with Crippen LogP contribution in [0.5, 0.6) is 11.5 Å². The summed E-state index contributed by atoms with van der Waals surface area (Å²) in [5.74, 6) is -0.294. The van der Waals surface area contributed by atoms with Gasteiger partial charge in [0.25, 0.3) is 11.6 Å². The topological polar surface area (TPSA) is 118 Å². The minimum Gasteiger partial charge on any atom is -0.493 e. The molecule has 1 aromatic heterocycles. The van der Waals surface area contributed by atoms with E-state index in [1.807, 2.05) is 29.9 Å². The van der Waals surface area contributed by atoms with E-state index in [0.717, 1.165) is 10.1 Å². The number of rotatable bonds is 10. The van der Waals surface area contributed by atoms with Crippen molar-refractivity contribution in [3.8, 4) is 11.5 Å². The van der Waals surface area contributed by atoms with Gasteiger partial charge >= 0.3 is 0 Å². The number of nitro benzene ring substituents is 1. The van der Waals surface area contributed by atoms with Crippen LogP contribution in [0, 0.1) is 10.1 Å². The first kappa shape index (κ1) is 23.1. The Hall–Kier alpha value is -3.57. The Labute approximate surface area is 188 Å². The molecule has 32 heavy (non-hydrogen) atoms. The van der Waals surface area contributed by atoms with Crippen molar-refractivity contribution in [1.82, 2.24) is 9.55 Å². The summed E-state index contributed by atoms with van der Waals surface area (Å²) in [4.78, 5) is 29.1. The van der Waals surface area contributed by atoms with Crippen molar-refractivity contribution in [2.45, 2.75) is 10.1 Å². The van der Waals surface area contributed by atoms with Crippen LogP contribution in [-0.2, 0) is 11.8 Å². The Bertz CT molecular complexity index is 1120. The van der Waals surface area contributed by atoms with E-state index in [0.29, 0.717) is 12.3 Å². The number of nitrogens with one attached hydrogen (secondary N) is 1. The van der Waals surface area contributed by atoms with Crippen LogP contribution in [0.2, 0.25) is 0 Å². The molecular weight excluding hydrogens is 436 g/mol. The number of anilines is 1. The van der Waals surface area contributed by atoms with Crippen molar-refractivity contribution in [3.63, 3.8) is 0 Å². The maximum atomic E-state index is 13.0. The van der Waals surface area contributed by atoms with E-state index in [2.05, 4.69) is 10.3 Å². The first-order valence-electron chi connectivity index (χ1n) is 9.48. The third kappa shape index (κ3) is 5.37. The fourth-order valence-electron chi connectivity index (χ4n) is 2.79. The van der Waals surface area contributed by atoms with Gasteiger partial charge in [-0.05, 0) is 23.9 Å². The van der Waals surface area contributed by atoms with Crippen molar-refractivity contribution >= 4 is 29.0 Å². The van der Waals surface area contributed by atoms with Gasteiger partial charge in [-0.15, -0.1) is 0 Å². The van der Waals surface area contributed by atoms with Gasteiger partial charge in [0.1, 0.15) is 12.2 Å². The predicted molar refractivity (Wildman–Crippen MR) is 119 cm³/mol. The van der Waals surface area contributed by atoms with Crippen LogP contribution in [0.3, 0.4) is 0 Å². The molecule has 0 spiro atoms. The van der Waals surface area contributed by atoms with Crippen molar-refractivity contribution in [2.24, 2.45) is 7.05 Å². The van der Waals surface area contributed by atoms with Crippen LogP contribution in [-0.4, -0.2) is 47.8 Å². The highest BCUT2D eigenvalue weighted by Gasteiger charge is 2.25. The van der Waals surface area contributed by atoms with Crippen LogP contribution < -0.4 is 14.8 Å². The molecule has 0 bridgehead atoms. The number of para-hydroxylation sites is 1. The van der Waals surface area contributed by atoms with Crippen LogP contribution in [0.15, 0.2) is 58.8 Å². The number of ether oxygens (including phenoxy) is 3. The van der Waals surface area contributed by atoms with Crippen molar-refractivity contribution in [3.05, 3.63) is 64.5 Å². The van der Waals surface area contributed by atoms with Gasteiger partial charge in [-0.25, -0.2) is 4.98 Å². The Morgan fingerprint density at radius 2 is 2.00 bits per heavy atom. The number of hydrogen-bond donors (Lipinski definition) is 1. The summed E-state index contributed by atoms with van der Waals surface area (Å²) in [6, 6.07) is 9.62. The molecule has 0 aliphatic rings. The molecule has 0 fully saturated rings. The normalized spacial score (nSPS) is 10.6. The van der Waals surface area contributed by atoms with E-state index in [-0.39, 0.29) is 23.7 Å². The SMILES string of the molecule is COCCOc1cc([N+](=O)[O-])c(C(=O)Nc2ccccc2Sc2nccn2C)cc1OC. The molecule has 3 rings (SSSR count). The number of benzene rings is 2. The Morgan fingerprint density at radius 1 is 1.22 bits per heavy atom. The van der Waals surface area contributed by atoms with Crippen LogP contribution in [0.4, 0.5) is 11.4 Å². The highest BCUT2D eigenvalue weighted by molar-refractivity contribution is 7.99. The number of imidazole rings is 1. The van der Waals surface area contributed by atoms with E-state index >= 15 is 0 Å². The Kier molecular flexibility index (Phi) is 7.68. The molecule has 11 heteroatoms. The molecule has 2 aromatic carbocycles. The number of hydrogen-bond acceptors (Lipinski definition) is 8. The number of carbonyl (C=O) groups is 1. The zero-order valence-corrected chi connectivity index (χ0v) is 18.5. The zero-order valence-electron chi connectivity index (χ0n) is 17.7. The molecule has 0 atom stereocenters. The summed E-state index contributed by atoms with van der Waals surface area (Å²) in [5, 5.41) is 15.2. The fraction of sp³-hybridized carbons (Fsp3) is 0.238. The first-order chi connectivity index (χ1) is 15.4. The number of carbonyl (C=O) groups excluding carboxylic acids is 1. The average Bonchev–Trinajstić information content (AvgIpc) is 3.19. The summed E-state index contributed by atoms with van der Waals surface area (Å²) in [6.07, 6.45) is 3.49. The maximum absolute atomic E-state index is 13.0. The van der Waals surface area contributed by atoms with E-state index in [1.54, 1.807) is 18.3 Å². The molecule has 3 aromatic rings. The fourth-order valence-corrected chi connectivity index (χ4v) is 3.68. The lowest BCUT2D eigenvalue weighted by Gasteiger charge is -2.14. The van der Waals surface area contributed by atoms with Crippen LogP contribution in [0.1, 0.15) is 10.4 Å². The molecule has 0 aliphatic carbocycles. The van der Waals surface area contributed by atoms with E-state index in [4.69, 9.17) is 14.2 Å². The summed E-state index contributed by atoms with van der Waals surface area (Å²) in [6.45, 7) is 0.469. The lowest BCUT2D eigenvalue weighted by molar-refractivity contribution is -0.385. The number of nitrogens with zero attached hydrogens (tertiary/aromatic N) is 3. The smallest absolute Gasteiger partial charge is 0.286 e. The van der Waals surface area contributed by atoms with Gasteiger partial charge in [0, 0.05) is 37.5 Å². The molecule has 0 saturated carbocycles. The summed E-state index contributed by atoms with van der Waals surface area (Å²) in [5.41, 5.74) is -0.0492. The van der Waals surface area contributed by atoms with Crippen LogP contribution in [0.25, 0.3) is 0 Å². The molecule has 1 amide bonds. The monoisotopic (exact) mass is 458 g/mol. The number of aryl methyl sites for hydroxylation is 1. The molecule has 10 nitrogen and oxygen atoms in total. The summed E-state index contributed by atoms with van der Waals surface area (Å²) in [7, 11) is 4.77. The molecule has 168 valence electrons. The number of amides is 1. The number of aromatic nitrogens is 2. The third-order valence-electron chi connectivity index (χ3n) is 4.38. The Morgan fingerprint density at radius 3 is 2.66 bits per heavy atom. The van der Waals surface area contributed by atoms with Gasteiger partial charge in [0.15, 0.2) is 16.7 Å². The summed E-state index contributed by atoms with van der Waals surface area (Å²) >= 11 is 1.36. The highest BCUT2D eigenvalue weighted by atomic mass is 32.2. The third-order valence-corrected chi connectivity index (χ3v) is 5.53. The van der Waals surface area contributed by atoms with Gasteiger partial charge in [-0.1, -0.05) is 12.1 Å². The number of nitro groups is 1. The van der Waals surface area contributed by atoms with Crippen LogP contribution >= 0.6 is 11.8 Å².